The van der Waals surface area contributed by atoms with Gasteiger partial charge in [-0.3, -0.25) is 0 Å². The number of hydrogen-bond acceptors (Lipinski definition) is 6. The first-order chi connectivity index (χ1) is 10.1. The van der Waals surface area contributed by atoms with E-state index in [1.54, 1.807) is 18.4 Å². The Balaban J connectivity index is 2.25. The molecule has 0 saturated carbocycles. The van der Waals surface area contributed by atoms with Gasteiger partial charge in [0.05, 0.1) is 6.04 Å². The molecule has 114 valence electrons. The molecule has 0 amide bonds. The second-order valence-electron chi connectivity index (χ2n) is 5.12. The number of aromatic nitrogens is 2. The lowest BCUT2D eigenvalue weighted by atomic mass is 10.0. The Hall–Kier alpha value is -1.66. The van der Waals surface area contributed by atoms with Gasteiger partial charge >= 0.3 is 0 Å². The maximum absolute atomic E-state index is 5.13. The van der Waals surface area contributed by atoms with Crippen molar-refractivity contribution >= 4 is 23.0 Å². The van der Waals surface area contributed by atoms with Crippen LogP contribution in [0.25, 0.3) is 0 Å². The molecular weight excluding hydrogens is 284 g/mol. The largest absolute Gasteiger partial charge is 0.377 e. The molecule has 5 nitrogen and oxygen atoms in total. The van der Waals surface area contributed by atoms with Crippen LogP contribution in [0.15, 0.2) is 23.6 Å². The minimum atomic E-state index is 0.236. The van der Waals surface area contributed by atoms with E-state index in [-0.39, 0.29) is 6.04 Å². The highest BCUT2D eigenvalue weighted by Gasteiger charge is 2.18. The van der Waals surface area contributed by atoms with Crippen LogP contribution in [0.2, 0.25) is 0 Å². The van der Waals surface area contributed by atoms with Gasteiger partial charge in [-0.1, -0.05) is 19.9 Å². The molecule has 0 aliphatic rings. The van der Waals surface area contributed by atoms with Crippen LogP contribution in [-0.4, -0.2) is 24.1 Å². The van der Waals surface area contributed by atoms with Crippen LogP contribution in [0, 0.1) is 5.92 Å². The molecule has 2 aromatic rings. The van der Waals surface area contributed by atoms with Gasteiger partial charge in [0.2, 0.25) is 0 Å². The molecule has 0 aliphatic heterocycles. The van der Waals surface area contributed by atoms with Gasteiger partial charge in [0.25, 0.3) is 0 Å². The van der Waals surface area contributed by atoms with Crippen LogP contribution in [0.5, 0.6) is 0 Å². The minimum absolute atomic E-state index is 0.236. The molecule has 2 N–H and O–H groups in total. The van der Waals surface area contributed by atoms with E-state index in [1.807, 2.05) is 13.1 Å². The second-order valence-corrected chi connectivity index (χ2v) is 6.10. The molecule has 0 spiro atoms. The predicted octanol–water partition coefficient (Wildman–Crippen LogP) is 3.54. The van der Waals surface area contributed by atoms with E-state index < -0.39 is 0 Å². The van der Waals surface area contributed by atoms with E-state index in [9.17, 15) is 0 Å². The average Bonchev–Trinajstić information content (AvgIpc) is 2.98. The quantitative estimate of drug-likeness (QED) is 0.819. The Morgan fingerprint density at radius 1 is 1.29 bits per heavy atom. The van der Waals surface area contributed by atoms with E-state index in [1.165, 1.54) is 4.88 Å². The maximum Gasteiger partial charge on any atom is 0.158 e. The summed E-state index contributed by atoms with van der Waals surface area (Å²) in [5.74, 6) is 2.73. The molecular formula is C15H22N4OS. The first-order valence-electron chi connectivity index (χ1n) is 6.98. The third-order valence-corrected chi connectivity index (χ3v) is 4.08. The highest BCUT2D eigenvalue weighted by atomic mass is 32.1. The molecule has 0 saturated heterocycles. The van der Waals surface area contributed by atoms with Crippen LogP contribution in [0.3, 0.4) is 0 Å². The van der Waals surface area contributed by atoms with Gasteiger partial charge in [0, 0.05) is 25.1 Å². The molecule has 0 aromatic carbocycles. The lowest BCUT2D eigenvalue weighted by Gasteiger charge is -2.22. The SMILES string of the molecule is CNc1cc(NC(c2cccs2)C(C)C)nc(COC)n1. The summed E-state index contributed by atoms with van der Waals surface area (Å²) >= 11 is 1.76. The molecule has 0 aliphatic carbocycles. The summed E-state index contributed by atoms with van der Waals surface area (Å²) in [6.45, 7) is 4.80. The predicted molar refractivity (Wildman–Crippen MR) is 87.8 cm³/mol. The third-order valence-electron chi connectivity index (χ3n) is 3.12. The van der Waals surface area contributed by atoms with Crippen molar-refractivity contribution < 1.29 is 4.74 Å². The van der Waals surface area contributed by atoms with E-state index in [0.29, 0.717) is 18.3 Å². The number of nitrogens with zero attached hydrogens (tertiary/aromatic N) is 2. The number of ether oxygens (including phenoxy) is 1. The highest BCUT2D eigenvalue weighted by Crippen LogP contribution is 2.29. The topological polar surface area (TPSA) is 59.1 Å². The number of methoxy groups -OCH3 is 1. The molecule has 0 fully saturated rings. The van der Waals surface area contributed by atoms with Gasteiger partial charge in [-0.25, -0.2) is 9.97 Å². The number of hydrogen-bond donors (Lipinski definition) is 2. The third kappa shape index (κ3) is 4.15. The zero-order valence-corrected chi connectivity index (χ0v) is 13.7. The summed E-state index contributed by atoms with van der Waals surface area (Å²) in [6, 6.07) is 6.38. The van der Waals surface area contributed by atoms with Crippen molar-refractivity contribution in [3.8, 4) is 0 Å². The maximum atomic E-state index is 5.13. The molecule has 2 heterocycles. The number of rotatable bonds is 7. The van der Waals surface area contributed by atoms with Crippen LogP contribution in [-0.2, 0) is 11.3 Å². The summed E-state index contributed by atoms with van der Waals surface area (Å²) in [5.41, 5.74) is 0. The van der Waals surface area contributed by atoms with Crippen LogP contribution in [0.4, 0.5) is 11.6 Å². The van der Waals surface area contributed by atoms with Gasteiger partial charge in [0.15, 0.2) is 5.82 Å². The zero-order chi connectivity index (χ0) is 15.2. The molecule has 21 heavy (non-hydrogen) atoms. The Kier molecular flexibility index (Phi) is 5.52. The van der Waals surface area contributed by atoms with Gasteiger partial charge in [-0.05, 0) is 17.4 Å². The lowest BCUT2D eigenvalue weighted by Crippen LogP contribution is -2.17. The summed E-state index contributed by atoms with van der Waals surface area (Å²) < 4.78 is 5.13. The van der Waals surface area contributed by atoms with Crippen LogP contribution >= 0.6 is 11.3 Å². The smallest absolute Gasteiger partial charge is 0.158 e. The molecule has 2 aromatic heterocycles. The Morgan fingerprint density at radius 2 is 2.05 bits per heavy atom. The standard InChI is InChI=1S/C15H22N4OS/c1-10(2)15(11-6-5-7-21-11)19-13-8-12(16-3)17-14(18-13)9-20-4/h5-8,10,15H,9H2,1-4H3,(H2,16,17,18,19). The fraction of sp³-hybridized carbons (Fsp3) is 0.467. The zero-order valence-electron chi connectivity index (χ0n) is 12.9. The van der Waals surface area contributed by atoms with Crippen molar-refractivity contribution in [3.05, 3.63) is 34.3 Å². The summed E-state index contributed by atoms with van der Waals surface area (Å²) in [4.78, 5) is 10.2. The summed E-state index contributed by atoms with van der Waals surface area (Å²) in [6.07, 6.45) is 0. The monoisotopic (exact) mass is 306 g/mol. The molecule has 1 unspecified atom stereocenters. The van der Waals surface area contributed by atoms with E-state index in [4.69, 9.17) is 4.74 Å². The Morgan fingerprint density at radius 3 is 2.62 bits per heavy atom. The lowest BCUT2D eigenvalue weighted by molar-refractivity contribution is 0.178. The minimum Gasteiger partial charge on any atom is -0.377 e. The highest BCUT2D eigenvalue weighted by molar-refractivity contribution is 7.10. The van der Waals surface area contributed by atoms with Gasteiger partial charge in [0.1, 0.15) is 18.2 Å². The molecule has 0 radical (unpaired) electrons. The van der Waals surface area contributed by atoms with Crippen molar-refractivity contribution in [1.82, 2.24) is 9.97 Å². The summed E-state index contributed by atoms with van der Waals surface area (Å²) in [5, 5.41) is 8.68. The molecule has 1 atom stereocenters. The fourth-order valence-corrected chi connectivity index (χ4v) is 3.04. The molecule has 2 rings (SSSR count). The van der Waals surface area contributed by atoms with Crippen molar-refractivity contribution in [3.63, 3.8) is 0 Å². The van der Waals surface area contributed by atoms with Gasteiger partial charge in [-0.2, -0.15) is 0 Å². The number of anilines is 2. The average molecular weight is 306 g/mol. The number of thiophene rings is 1. The Bertz CT molecular complexity index is 557. The second kappa shape index (κ2) is 7.38. The van der Waals surface area contributed by atoms with Crippen molar-refractivity contribution in [2.45, 2.75) is 26.5 Å². The van der Waals surface area contributed by atoms with Gasteiger partial charge in [-0.15, -0.1) is 11.3 Å². The Labute approximate surface area is 129 Å². The van der Waals surface area contributed by atoms with Crippen molar-refractivity contribution in [1.29, 1.82) is 0 Å². The van der Waals surface area contributed by atoms with Gasteiger partial charge < -0.3 is 15.4 Å². The first-order valence-corrected chi connectivity index (χ1v) is 7.86. The first kappa shape index (κ1) is 15.7. The van der Waals surface area contributed by atoms with E-state index in [0.717, 1.165) is 11.6 Å². The van der Waals surface area contributed by atoms with Crippen LogP contribution < -0.4 is 10.6 Å². The van der Waals surface area contributed by atoms with Crippen LogP contribution in [0.1, 0.15) is 30.6 Å². The molecule has 6 heteroatoms. The normalized spacial score (nSPS) is 12.4. The van der Waals surface area contributed by atoms with Crippen molar-refractivity contribution in [2.75, 3.05) is 24.8 Å². The fourth-order valence-electron chi connectivity index (χ4n) is 2.09. The molecule has 0 bridgehead atoms. The number of nitrogens with one attached hydrogen (secondary N) is 2. The van der Waals surface area contributed by atoms with Crippen molar-refractivity contribution in [2.24, 2.45) is 5.92 Å². The summed E-state index contributed by atoms with van der Waals surface area (Å²) in [7, 11) is 3.49. The van der Waals surface area contributed by atoms with E-state index >= 15 is 0 Å². The van der Waals surface area contributed by atoms with E-state index in [2.05, 4.69) is 52.0 Å².